The van der Waals surface area contributed by atoms with Crippen molar-refractivity contribution in [2.45, 2.75) is 39.0 Å². The summed E-state index contributed by atoms with van der Waals surface area (Å²) >= 11 is 1.58. The lowest BCUT2D eigenvalue weighted by Gasteiger charge is -2.21. The van der Waals surface area contributed by atoms with Gasteiger partial charge in [-0.15, -0.1) is 11.3 Å². The first kappa shape index (κ1) is 18.2. The topological polar surface area (TPSA) is 49.4 Å². The number of hydrogen-bond acceptors (Lipinski definition) is 3. The van der Waals surface area contributed by atoms with Gasteiger partial charge < -0.3 is 10.2 Å². The lowest BCUT2D eigenvalue weighted by molar-refractivity contribution is -0.120. The molecule has 0 radical (unpaired) electrons. The number of hydrogen-bond donors (Lipinski definition) is 1. The molecule has 1 fully saturated rings. The minimum Gasteiger partial charge on any atom is -0.338 e. The van der Waals surface area contributed by atoms with Crippen molar-refractivity contribution in [2.75, 3.05) is 18.4 Å². The smallest absolute Gasteiger partial charge is 0.263 e. The van der Waals surface area contributed by atoms with Gasteiger partial charge in [-0.25, -0.2) is 4.39 Å². The van der Waals surface area contributed by atoms with E-state index < -0.39 is 0 Å². The van der Waals surface area contributed by atoms with Crippen LogP contribution in [-0.4, -0.2) is 29.8 Å². The molecule has 1 aliphatic carbocycles. The standard InChI is InChI=1S/C21H23FN2O2S/c1-13-16(22)5-4-6-17(13)23-20(25)14-7-8-18-15(11-14)12-19(27-18)21(26)24-9-2-3-10-24/h4-6,12,14H,2-3,7-11H2,1H3,(H,23,25)/t14-/m1/s1. The molecule has 0 spiro atoms. The number of nitrogens with zero attached hydrogens (tertiary/aromatic N) is 1. The summed E-state index contributed by atoms with van der Waals surface area (Å²) in [6, 6.07) is 6.70. The van der Waals surface area contributed by atoms with E-state index in [0.717, 1.165) is 49.2 Å². The fraction of sp³-hybridized carbons (Fsp3) is 0.429. The van der Waals surface area contributed by atoms with Crippen LogP contribution in [0, 0.1) is 18.7 Å². The SMILES string of the molecule is Cc1c(F)cccc1NC(=O)[C@@H]1CCc2sc(C(=O)N3CCCC3)cc2C1. The number of aryl methyl sites for hydroxylation is 1. The number of carbonyl (C=O) groups is 2. The van der Waals surface area contributed by atoms with E-state index in [1.807, 2.05) is 11.0 Å². The number of carbonyl (C=O) groups excluding carboxylic acids is 2. The first-order chi connectivity index (χ1) is 13.0. The van der Waals surface area contributed by atoms with Gasteiger partial charge in [0, 0.05) is 35.1 Å². The number of amides is 2. The molecule has 1 saturated heterocycles. The first-order valence-corrected chi connectivity index (χ1v) is 10.3. The summed E-state index contributed by atoms with van der Waals surface area (Å²) in [6.07, 6.45) is 4.37. The van der Waals surface area contributed by atoms with E-state index in [4.69, 9.17) is 0 Å². The maximum atomic E-state index is 13.7. The highest BCUT2D eigenvalue weighted by Gasteiger charge is 2.29. The maximum absolute atomic E-state index is 13.7. The Morgan fingerprint density at radius 3 is 2.81 bits per heavy atom. The predicted molar refractivity (Wildman–Crippen MR) is 105 cm³/mol. The summed E-state index contributed by atoms with van der Waals surface area (Å²) in [5.41, 5.74) is 2.10. The van der Waals surface area contributed by atoms with Crippen LogP contribution >= 0.6 is 11.3 Å². The number of rotatable bonds is 3. The van der Waals surface area contributed by atoms with Gasteiger partial charge in [0.05, 0.1) is 4.88 Å². The second-order valence-corrected chi connectivity index (χ2v) is 8.54. The lowest BCUT2D eigenvalue weighted by Crippen LogP contribution is -2.28. The molecule has 2 aromatic rings. The van der Waals surface area contributed by atoms with Crippen LogP contribution in [0.5, 0.6) is 0 Å². The fourth-order valence-corrected chi connectivity index (χ4v) is 5.08. The van der Waals surface area contributed by atoms with Crippen LogP contribution in [0.4, 0.5) is 10.1 Å². The zero-order valence-electron chi connectivity index (χ0n) is 15.4. The molecule has 2 aliphatic rings. The van der Waals surface area contributed by atoms with Crippen molar-refractivity contribution in [2.24, 2.45) is 5.92 Å². The van der Waals surface area contributed by atoms with Crippen molar-refractivity contribution >= 4 is 28.8 Å². The summed E-state index contributed by atoms with van der Waals surface area (Å²) in [6.45, 7) is 3.36. The summed E-state index contributed by atoms with van der Waals surface area (Å²) in [4.78, 5) is 29.2. The molecule has 1 aromatic heterocycles. The predicted octanol–water partition coefficient (Wildman–Crippen LogP) is 4.18. The monoisotopic (exact) mass is 386 g/mol. The molecule has 142 valence electrons. The minimum absolute atomic E-state index is 0.0760. The highest BCUT2D eigenvalue weighted by molar-refractivity contribution is 7.14. The Labute approximate surface area is 162 Å². The quantitative estimate of drug-likeness (QED) is 0.860. The third kappa shape index (κ3) is 3.63. The van der Waals surface area contributed by atoms with Crippen molar-refractivity contribution in [3.63, 3.8) is 0 Å². The molecule has 1 aromatic carbocycles. The van der Waals surface area contributed by atoms with Gasteiger partial charge in [0.25, 0.3) is 5.91 Å². The van der Waals surface area contributed by atoms with Crippen molar-refractivity contribution in [1.29, 1.82) is 0 Å². The number of thiophene rings is 1. The van der Waals surface area contributed by atoms with E-state index >= 15 is 0 Å². The van der Waals surface area contributed by atoms with Crippen molar-refractivity contribution in [3.8, 4) is 0 Å². The molecule has 2 amide bonds. The molecule has 6 heteroatoms. The van der Waals surface area contributed by atoms with Crippen LogP contribution in [-0.2, 0) is 17.6 Å². The van der Waals surface area contributed by atoms with Gasteiger partial charge in [0.1, 0.15) is 5.82 Å². The molecule has 0 bridgehead atoms. The van der Waals surface area contributed by atoms with E-state index in [1.54, 1.807) is 30.4 Å². The molecule has 4 nitrogen and oxygen atoms in total. The maximum Gasteiger partial charge on any atom is 0.263 e. The second-order valence-electron chi connectivity index (χ2n) is 7.40. The molecule has 0 unspecified atom stereocenters. The van der Waals surface area contributed by atoms with Crippen LogP contribution in [0.25, 0.3) is 0 Å². The molecule has 1 atom stereocenters. The van der Waals surface area contributed by atoms with Gasteiger partial charge in [0.15, 0.2) is 0 Å². The van der Waals surface area contributed by atoms with Crippen LogP contribution in [0.1, 0.15) is 44.9 Å². The summed E-state index contributed by atoms with van der Waals surface area (Å²) in [5, 5.41) is 2.88. The Morgan fingerprint density at radius 1 is 1.26 bits per heavy atom. The number of nitrogens with one attached hydrogen (secondary N) is 1. The Kier molecular flexibility index (Phi) is 5.00. The summed E-state index contributed by atoms with van der Waals surface area (Å²) in [7, 11) is 0. The number of likely N-dealkylation sites (tertiary alicyclic amines) is 1. The largest absolute Gasteiger partial charge is 0.338 e. The second kappa shape index (κ2) is 7.43. The molecule has 1 N–H and O–H groups in total. The van der Waals surface area contributed by atoms with Gasteiger partial charge in [-0.2, -0.15) is 0 Å². The number of fused-ring (bicyclic) bond motifs is 1. The molecule has 27 heavy (non-hydrogen) atoms. The third-order valence-electron chi connectivity index (χ3n) is 5.58. The highest BCUT2D eigenvalue weighted by Crippen LogP contribution is 2.34. The Morgan fingerprint density at radius 2 is 2.04 bits per heavy atom. The lowest BCUT2D eigenvalue weighted by atomic mass is 9.87. The van der Waals surface area contributed by atoms with Crippen molar-refractivity contribution in [3.05, 3.63) is 51.0 Å². The Balaban J connectivity index is 1.45. The average molecular weight is 386 g/mol. The van der Waals surface area contributed by atoms with E-state index in [0.29, 0.717) is 17.7 Å². The van der Waals surface area contributed by atoms with Gasteiger partial charge in [-0.1, -0.05) is 6.07 Å². The van der Waals surface area contributed by atoms with Crippen LogP contribution < -0.4 is 5.32 Å². The van der Waals surface area contributed by atoms with Gasteiger partial charge in [0.2, 0.25) is 5.91 Å². The molecule has 1 aliphatic heterocycles. The minimum atomic E-state index is -0.318. The average Bonchev–Trinajstić information content (AvgIpc) is 3.33. The first-order valence-electron chi connectivity index (χ1n) is 9.50. The van der Waals surface area contributed by atoms with Crippen LogP contribution in [0.2, 0.25) is 0 Å². The fourth-order valence-electron chi connectivity index (χ4n) is 3.91. The normalized spacial score (nSPS) is 19.0. The number of anilines is 1. The van der Waals surface area contributed by atoms with E-state index in [9.17, 15) is 14.0 Å². The van der Waals surface area contributed by atoms with Gasteiger partial charge in [-0.05, 0) is 62.8 Å². The van der Waals surface area contributed by atoms with Crippen molar-refractivity contribution in [1.82, 2.24) is 4.90 Å². The summed E-state index contributed by atoms with van der Waals surface area (Å²) < 4.78 is 13.7. The summed E-state index contributed by atoms with van der Waals surface area (Å²) in [5.74, 6) is -0.414. The molecular weight excluding hydrogens is 363 g/mol. The van der Waals surface area contributed by atoms with Crippen LogP contribution in [0.15, 0.2) is 24.3 Å². The molecular formula is C21H23FN2O2S. The van der Waals surface area contributed by atoms with E-state index in [1.165, 1.54) is 10.9 Å². The Bertz CT molecular complexity index is 886. The number of benzene rings is 1. The molecule has 4 rings (SSSR count). The zero-order chi connectivity index (χ0) is 19.0. The van der Waals surface area contributed by atoms with Gasteiger partial charge >= 0.3 is 0 Å². The molecule has 2 heterocycles. The van der Waals surface area contributed by atoms with Crippen LogP contribution in [0.3, 0.4) is 0 Å². The van der Waals surface area contributed by atoms with Crippen molar-refractivity contribution < 1.29 is 14.0 Å². The zero-order valence-corrected chi connectivity index (χ0v) is 16.2. The van der Waals surface area contributed by atoms with E-state index in [-0.39, 0.29) is 23.5 Å². The van der Waals surface area contributed by atoms with E-state index in [2.05, 4.69) is 5.32 Å². The Hall–Kier alpha value is -2.21. The number of halogens is 1. The highest BCUT2D eigenvalue weighted by atomic mass is 32.1. The van der Waals surface area contributed by atoms with Gasteiger partial charge in [-0.3, -0.25) is 9.59 Å². The third-order valence-corrected chi connectivity index (χ3v) is 6.81. The molecule has 0 saturated carbocycles.